The third kappa shape index (κ3) is 2.24. The Morgan fingerprint density at radius 2 is 1.90 bits per heavy atom. The molecule has 0 atom stereocenters. The van der Waals surface area contributed by atoms with Crippen molar-refractivity contribution >= 4 is 17.3 Å². The van der Waals surface area contributed by atoms with Crippen molar-refractivity contribution in [2.75, 3.05) is 11.9 Å². The number of anilines is 1. The van der Waals surface area contributed by atoms with Crippen LogP contribution in [-0.4, -0.2) is 6.54 Å². The summed E-state index contributed by atoms with van der Waals surface area (Å²) >= 11 is 6.33. The molecule has 3 rings (SSSR count). The van der Waals surface area contributed by atoms with E-state index in [-0.39, 0.29) is 0 Å². The van der Waals surface area contributed by atoms with Crippen LogP contribution in [0.3, 0.4) is 0 Å². The highest BCUT2D eigenvalue weighted by atomic mass is 35.5. The molecule has 5 heteroatoms. The molecule has 0 radical (unpaired) electrons. The molecule has 2 aromatic carbocycles. The summed E-state index contributed by atoms with van der Waals surface area (Å²) in [7, 11) is 0. The summed E-state index contributed by atoms with van der Waals surface area (Å²) in [5, 5.41) is 3.72. The highest BCUT2D eigenvalue weighted by Gasteiger charge is 2.30. The lowest BCUT2D eigenvalue weighted by atomic mass is 9.99. The Morgan fingerprint density at radius 1 is 1.10 bits per heavy atom. The van der Waals surface area contributed by atoms with Crippen LogP contribution >= 0.6 is 11.6 Å². The van der Waals surface area contributed by atoms with Gasteiger partial charge >= 0.3 is 6.18 Å². The molecule has 0 fully saturated rings. The van der Waals surface area contributed by atoms with Crippen LogP contribution in [0.2, 0.25) is 5.02 Å². The predicted octanol–water partition coefficient (Wildman–Crippen LogP) is 4.99. The first kappa shape index (κ1) is 13.3. The molecule has 0 aromatic heterocycles. The molecule has 20 heavy (non-hydrogen) atoms. The second-order valence-electron chi connectivity index (χ2n) is 4.71. The number of halogens is 4. The Labute approximate surface area is 119 Å². The summed E-state index contributed by atoms with van der Waals surface area (Å²) in [6.07, 6.45) is -3.55. The first-order valence-corrected chi connectivity index (χ1v) is 6.57. The van der Waals surface area contributed by atoms with E-state index in [1.54, 1.807) is 12.1 Å². The molecule has 1 aliphatic heterocycles. The number of benzene rings is 2. The van der Waals surface area contributed by atoms with Gasteiger partial charge in [0.05, 0.1) is 10.6 Å². The topological polar surface area (TPSA) is 12.0 Å². The summed E-state index contributed by atoms with van der Waals surface area (Å²) in [6.45, 7) is 0.807. The molecule has 0 amide bonds. The second-order valence-corrected chi connectivity index (χ2v) is 5.09. The van der Waals surface area contributed by atoms with E-state index in [4.69, 9.17) is 11.6 Å². The summed E-state index contributed by atoms with van der Waals surface area (Å²) in [5.41, 5.74) is 2.40. The Morgan fingerprint density at radius 3 is 2.65 bits per heavy atom. The molecule has 1 nitrogen and oxygen atoms in total. The number of nitrogens with one attached hydrogen (secondary N) is 1. The van der Waals surface area contributed by atoms with Crippen LogP contribution in [0, 0.1) is 0 Å². The minimum atomic E-state index is -4.35. The summed E-state index contributed by atoms with van der Waals surface area (Å²) in [6, 6.07) is 8.87. The molecule has 1 heterocycles. The minimum Gasteiger partial charge on any atom is -0.384 e. The van der Waals surface area contributed by atoms with Crippen molar-refractivity contribution in [1.82, 2.24) is 0 Å². The Hall–Kier alpha value is -1.68. The zero-order chi connectivity index (χ0) is 14.3. The molecule has 1 N–H and O–H groups in total. The van der Waals surface area contributed by atoms with Crippen LogP contribution in [0.5, 0.6) is 0 Å². The second kappa shape index (κ2) is 4.70. The van der Waals surface area contributed by atoms with Crippen LogP contribution in [0.1, 0.15) is 11.1 Å². The first-order chi connectivity index (χ1) is 9.47. The van der Waals surface area contributed by atoms with E-state index in [1.165, 1.54) is 6.07 Å². The SMILES string of the molecule is FC(F)(F)c1cccc(-c2ccc3c(c2Cl)CCN3)c1. The van der Waals surface area contributed by atoms with Gasteiger partial charge in [-0.15, -0.1) is 0 Å². The highest BCUT2D eigenvalue weighted by Crippen LogP contribution is 2.39. The molecular formula is C15H11ClF3N. The number of alkyl halides is 3. The molecule has 0 unspecified atom stereocenters. The molecule has 0 saturated carbocycles. The van der Waals surface area contributed by atoms with Crippen molar-refractivity contribution in [3.63, 3.8) is 0 Å². The fourth-order valence-corrected chi connectivity index (χ4v) is 2.81. The van der Waals surface area contributed by atoms with Crippen LogP contribution in [0.15, 0.2) is 36.4 Å². The maximum atomic E-state index is 12.8. The Balaban J connectivity index is 2.10. The van der Waals surface area contributed by atoms with Gasteiger partial charge in [0.2, 0.25) is 0 Å². The summed E-state index contributed by atoms with van der Waals surface area (Å²) < 4.78 is 38.3. The lowest BCUT2D eigenvalue weighted by molar-refractivity contribution is -0.137. The van der Waals surface area contributed by atoms with Crippen LogP contribution < -0.4 is 5.32 Å². The lowest BCUT2D eigenvalue weighted by Gasteiger charge is -2.12. The predicted molar refractivity (Wildman–Crippen MR) is 74.1 cm³/mol. The van der Waals surface area contributed by atoms with Gasteiger partial charge in [-0.25, -0.2) is 0 Å². The van der Waals surface area contributed by atoms with Crippen molar-refractivity contribution in [3.8, 4) is 11.1 Å². The third-order valence-electron chi connectivity index (χ3n) is 3.43. The van der Waals surface area contributed by atoms with Crippen LogP contribution in [-0.2, 0) is 12.6 Å². The molecule has 0 aliphatic carbocycles. The van der Waals surface area contributed by atoms with Crippen molar-refractivity contribution in [2.24, 2.45) is 0 Å². The quantitative estimate of drug-likeness (QED) is 0.781. The van der Waals surface area contributed by atoms with Gasteiger partial charge in [0, 0.05) is 17.8 Å². The molecule has 2 aromatic rings. The molecule has 1 aliphatic rings. The fourth-order valence-electron chi connectivity index (χ4n) is 2.44. The van der Waals surface area contributed by atoms with Gasteiger partial charge in [0.25, 0.3) is 0 Å². The zero-order valence-electron chi connectivity index (χ0n) is 10.4. The Kier molecular flexibility index (Phi) is 3.13. The average molecular weight is 298 g/mol. The summed E-state index contributed by atoms with van der Waals surface area (Å²) in [4.78, 5) is 0. The number of rotatable bonds is 1. The number of hydrogen-bond acceptors (Lipinski definition) is 1. The summed E-state index contributed by atoms with van der Waals surface area (Å²) in [5.74, 6) is 0. The highest BCUT2D eigenvalue weighted by molar-refractivity contribution is 6.34. The minimum absolute atomic E-state index is 0.486. The fraction of sp³-hybridized carbons (Fsp3) is 0.200. The molecule has 104 valence electrons. The van der Waals surface area contributed by atoms with E-state index in [1.807, 2.05) is 6.07 Å². The smallest absolute Gasteiger partial charge is 0.384 e. The zero-order valence-corrected chi connectivity index (χ0v) is 11.1. The van der Waals surface area contributed by atoms with Crippen molar-refractivity contribution in [2.45, 2.75) is 12.6 Å². The first-order valence-electron chi connectivity index (χ1n) is 6.20. The van der Waals surface area contributed by atoms with Gasteiger partial charge in [0.15, 0.2) is 0 Å². The molecule has 0 spiro atoms. The van der Waals surface area contributed by atoms with E-state index >= 15 is 0 Å². The molecule has 0 bridgehead atoms. The largest absolute Gasteiger partial charge is 0.416 e. The normalized spacial score (nSPS) is 14.0. The maximum Gasteiger partial charge on any atom is 0.416 e. The van der Waals surface area contributed by atoms with Crippen LogP contribution in [0.4, 0.5) is 18.9 Å². The monoisotopic (exact) mass is 297 g/mol. The van der Waals surface area contributed by atoms with Gasteiger partial charge < -0.3 is 5.32 Å². The van der Waals surface area contributed by atoms with Gasteiger partial charge in [-0.05, 0) is 35.7 Å². The average Bonchev–Trinajstić information content (AvgIpc) is 2.87. The van der Waals surface area contributed by atoms with Gasteiger partial charge in [0.1, 0.15) is 0 Å². The lowest BCUT2D eigenvalue weighted by Crippen LogP contribution is -2.04. The number of fused-ring (bicyclic) bond motifs is 1. The molecule has 0 saturated heterocycles. The third-order valence-corrected chi connectivity index (χ3v) is 3.87. The van der Waals surface area contributed by atoms with E-state index in [0.29, 0.717) is 16.1 Å². The Bertz CT molecular complexity index is 665. The van der Waals surface area contributed by atoms with Gasteiger partial charge in [-0.3, -0.25) is 0 Å². The maximum absolute atomic E-state index is 12.8. The standard InChI is InChI=1S/C15H11ClF3N/c16-14-11(4-5-13-12(14)6-7-20-13)9-2-1-3-10(8-9)15(17,18)19/h1-5,8,20H,6-7H2. The van der Waals surface area contributed by atoms with E-state index in [2.05, 4.69) is 5.32 Å². The number of hydrogen-bond donors (Lipinski definition) is 1. The van der Waals surface area contributed by atoms with Crippen LogP contribution in [0.25, 0.3) is 11.1 Å². The van der Waals surface area contributed by atoms with Crippen molar-refractivity contribution in [3.05, 3.63) is 52.5 Å². The van der Waals surface area contributed by atoms with E-state index in [0.717, 1.165) is 36.3 Å². The van der Waals surface area contributed by atoms with Crippen molar-refractivity contribution in [1.29, 1.82) is 0 Å². The van der Waals surface area contributed by atoms with Gasteiger partial charge in [-0.2, -0.15) is 13.2 Å². The van der Waals surface area contributed by atoms with E-state index < -0.39 is 11.7 Å². The van der Waals surface area contributed by atoms with Crippen molar-refractivity contribution < 1.29 is 13.2 Å². The van der Waals surface area contributed by atoms with Gasteiger partial charge in [-0.1, -0.05) is 29.8 Å². The molecular weight excluding hydrogens is 287 g/mol. The van der Waals surface area contributed by atoms with E-state index in [9.17, 15) is 13.2 Å².